The fourth-order valence-electron chi connectivity index (χ4n) is 2.60. The lowest BCUT2D eigenvalue weighted by molar-refractivity contribution is 0.271. The molecule has 0 atom stereocenters. The van der Waals surface area contributed by atoms with E-state index in [2.05, 4.69) is 4.98 Å². The third-order valence-electron chi connectivity index (χ3n) is 3.81. The topological polar surface area (TPSA) is 80.4 Å². The van der Waals surface area contributed by atoms with Crippen LogP contribution in [-0.4, -0.2) is 38.5 Å². The Hall–Kier alpha value is -1.64. The van der Waals surface area contributed by atoms with Crippen molar-refractivity contribution >= 4 is 10.0 Å². The molecule has 2 aromatic heterocycles. The minimum Gasteiger partial charge on any atom is -0.390 e. The SMILES string of the molecule is CCn1cc(S(=O)(=O)N2CCn3ccnc3C2)cc1CO. The zero-order valence-corrected chi connectivity index (χ0v) is 12.6. The Morgan fingerprint density at radius 3 is 2.86 bits per heavy atom. The van der Waals surface area contributed by atoms with E-state index in [1.165, 1.54) is 4.31 Å². The van der Waals surface area contributed by atoms with Crippen LogP contribution < -0.4 is 0 Å². The molecular weight excluding hydrogens is 292 g/mol. The summed E-state index contributed by atoms with van der Waals surface area (Å²) in [5, 5.41) is 9.30. The third-order valence-corrected chi connectivity index (χ3v) is 5.62. The van der Waals surface area contributed by atoms with Crippen LogP contribution in [0.3, 0.4) is 0 Å². The number of rotatable bonds is 4. The van der Waals surface area contributed by atoms with E-state index in [1.807, 2.05) is 17.7 Å². The monoisotopic (exact) mass is 310 g/mol. The highest BCUT2D eigenvalue weighted by atomic mass is 32.2. The summed E-state index contributed by atoms with van der Waals surface area (Å²) in [6, 6.07) is 1.54. The lowest BCUT2D eigenvalue weighted by atomic mass is 10.4. The van der Waals surface area contributed by atoms with Gasteiger partial charge in [0.1, 0.15) is 10.7 Å². The van der Waals surface area contributed by atoms with Crippen LogP contribution in [0.1, 0.15) is 18.4 Å². The summed E-state index contributed by atoms with van der Waals surface area (Å²) in [7, 11) is -3.56. The number of aromatic nitrogens is 3. The van der Waals surface area contributed by atoms with Gasteiger partial charge in [-0.1, -0.05) is 0 Å². The molecule has 0 aromatic carbocycles. The molecule has 0 saturated heterocycles. The summed E-state index contributed by atoms with van der Waals surface area (Å²) in [6.45, 7) is 3.67. The van der Waals surface area contributed by atoms with Gasteiger partial charge in [0.15, 0.2) is 0 Å². The molecule has 0 fully saturated rings. The molecule has 3 rings (SSSR count). The van der Waals surface area contributed by atoms with E-state index < -0.39 is 10.0 Å². The Kier molecular flexibility index (Phi) is 3.60. The first-order chi connectivity index (χ1) is 10.1. The molecule has 8 heteroatoms. The molecule has 3 heterocycles. The van der Waals surface area contributed by atoms with Crippen LogP contribution >= 0.6 is 0 Å². The minimum atomic E-state index is -3.56. The van der Waals surface area contributed by atoms with E-state index in [4.69, 9.17) is 0 Å². The van der Waals surface area contributed by atoms with Gasteiger partial charge >= 0.3 is 0 Å². The van der Waals surface area contributed by atoms with Crippen LogP contribution in [0.5, 0.6) is 0 Å². The average molecular weight is 310 g/mol. The van der Waals surface area contributed by atoms with Crippen molar-refractivity contribution in [1.82, 2.24) is 18.4 Å². The molecule has 0 spiro atoms. The zero-order chi connectivity index (χ0) is 15.0. The van der Waals surface area contributed by atoms with Gasteiger partial charge in [0.05, 0.1) is 13.2 Å². The number of sulfonamides is 1. The van der Waals surface area contributed by atoms with Crippen LogP contribution in [0.25, 0.3) is 0 Å². The highest BCUT2D eigenvalue weighted by molar-refractivity contribution is 7.89. The Morgan fingerprint density at radius 1 is 1.38 bits per heavy atom. The van der Waals surface area contributed by atoms with Crippen molar-refractivity contribution in [2.75, 3.05) is 6.54 Å². The van der Waals surface area contributed by atoms with Crippen molar-refractivity contribution in [3.8, 4) is 0 Å². The van der Waals surface area contributed by atoms with E-state index in [0.29, 0.717) is 25.3 Å². The van der Waals surface area contributed by atoms with Gasteiger partial charge in [0.25, 0.3) is 0 Å². The minimum absolute atomic E-state index is 0.173. The van der Waals surface area contributed by atoms with Gasteiger partial charge in [-0.05, 0) is 13.0 Å². The lowest BCUT2D eigenvalue weighted by Crippen LogP contribution is -2.38. The molecule has 1 aliphatic heterocycles. The molecule has 0 unspecified atom stereocenters. The molecule has 0 aliphatic carbocycles. The predicted molar refractivity (Wildman–Crippen MR) is 75.9 cm³/mol. The maximum absolute atomic E-state index is 12.7. The highest BCUT2D eigenvalue weighted by Gasteiger charge is 2.30. The molecule has 1 N–H and O–H groups in total. The smallest absolute Gasteiger partial charge is 0.245 e. The van der Waals surface area contributed by atoms with Crippen molar-refractivity contribution in [2.45, 2.75) is 38.1 Å². The summed E-state index contributed by atoms with van der Waals surface area (Å²) in [5.74, 6) is 0.752. The van der Waals surface area contributed by atoms with E-state index >= 15 is 0 Å². The Morgan fingerprint density at radius 2 is 2.19 bits per heavy atom. The molecule has 114 valence electrons. The van der Waals surface area contributed by atoms with Crippen LogP contribution in [0.2, 0.25) is 0 Å². The first-order valence-corrected chi connectivity index (χ1v) is 8.30. The standard InChI is InChI=1S/C13H18N4O3S/c1-2-15-8-12(7-11(15)10-18)21(19,20)17-6-5-16-4-3-14-13(16)9-17/h3-4,7-8,18H,2,5-6,9-10H2,1H3. The van der Waals surface area contributed by atoms with E-state index in [9.17, 15) is 13.5 Å². The van der Waals surface area contributed by atoms with Crippen molar-refractivity contribution in [3.63, 3.8) is 0 Å². The van der Waals surface area contributed by atoms with Crippen molar-refractivity contribution < 1.29 is 13.5 Å². The van der Waals surface area contributed by atoms with Crippen LogP contribution in [0.15, 0.2) is 29.6 Å². The molecule has 0 saturated carbocycles. The lowest BCUT2D eigenvalue weighted by Gasteiger charge is -2.26. The quantitative estimate of drug-likeness (QED) is 0.886. The van der Waals surface area contributed by atoms with Crippen LogP contribution in [0.4, 0.5) is 0 Å². The largest absolute Gasteiger partial charge is 0.390 e. The predicted octanol–water partition coefficient (Wildman–Crippen LogP) is 0.401. The average Bonchev–Trinajstić information content (AvgIpc) is 3.12. The van der Waals surface area contributed by atoms with Gasteiger partial charge in [0.2, 0.25) is 10.0 Å². The number of aliphatic hydroxyl groups is 1. The molecule has 7 nitrogen and oxygen atoms in total. The fourth-order valence-corrected chi connectivity index (χ4v) is 4.05. The first-order valence-electron chi connectivity index (χ1n) is 6.86. The second kappa shape index (κ2) is 5.28. The fraction of sp³-hybridized carbons (Fsp3) is 0.462. The van der Waals surface area contributed by atoms with Crippen LogP contribution in [0, 0.1) is 0 Å². The maximum atomic E-state index is 12.7. The van der Waals surface area contributed by atoms with Crippen molar-refractivity contribution in [2.24, 2.45) is 0 Å². The molecule has 2 aromatic rings. The molecule has 0 bridgehead atoms. The van der Waals surface area contributed by atoms with E-state index in [1.54, 1.807) is 23.0 Å². The number of fused-ring (bicyclic) bond motifs is 1. The summed E-state index contributed by atoms with van der Waals surface area (Å²) < 4.78 is 30.6. The van der Waals surface area contributed by atoms with Crippen LogP contribution in [-0.2, 0) is 36.3 Å². The van der Waals surface area contributed by atoms with Crippen molar-refractivity contribution in [3.05, 3.63) is 36.2 Å². The molecular formula is C13H18N4O3S. The maximum Gasteiger partial charge on any atom is 0.245 e. The number of aliphatic hydroxyl groups excluding tert-OH is 1. The van der Waals surface area contributed by atoms with Crippen molar-refractivity contribution in [1.29, 1.82) is 0 Å². The molecule has 0 amide bonds. The second-order valence-electron chi connectivity index (χ2n) is 4.99. The summed E-state index contributed by atoms with van der Waals surface area (Å²) in [5.41, 5.74) is 0.606. The normalized spacial score (nSPS) is 16.1. The Labute approximate surface area is 123 Å². The first kappa shape index (κ1) is 14.3. The molecule has 0 radical (unpaired) electrons. The van der Waals surface area contributed by atoms with Gasteiger partial charge < -0.3 is 14.2 Å². The second-order valence-corrected chi connectivity index (χ2v) is 6.92. The zero-order valence-electron chi connectivity index (χ0n) is 11.8. The van der Waals surface area contributed by atoms with E-state index in [0.717, 1.165) is 5.82 Å². The number of nitrogens with zero attached hydrogens (tertiary/aromatic N) is 4. The highest BCUT2D eigenvalue weighted by Crippen LogP contribution is 2.23. The summed E-state index contributed by atoms with van der Waals surface area (Å²) >= 11 is 0. The Balaban J connectivity index is 1.92. The van der Waals surface area contributed by atoms with E-state index in [-0.39, 0.29) is 18.0 Å². The molecule has 21 heavy (non-hydrogen) atoms. The number of aryl methyl sites for hydroxylation is 1. The summed E-state index contributed by atoms with van der Waals surface area (Å²) in [4.78, 5) is 4.41. The molecule has 1 aliphatic rings. The number of hydrogen-bond acceptors (Lipinski definition) is 4. The van der Waals surface area contributed by atoms with Gasteiger partial charge in [-0.15, -0.1) is 0 Å². The van der Waals surface area contributed by atoms with Gasteiger partial charge in [-0.25, -0.2) is 13.4 Å². The van der Waals surface area contributed by atoms with Gasteiger partial charge in [-0.3, -0.25) is 0 Å². The summed E-state index contributed by atoms with van der Waals surface area (Å²) in [6.07, 6.45) is 5.13. The van der Waals surface area contributed by atoms with Gasteiger partial charge in [0, 0.05) is 43.9 Å². The Bertz CT molecular complexity index is 726. The van der Waals surface area contributed by atoms with Gasteiger partial charge in [-0.2, -0.15) is 4.31 Å². The number of imidazole rings is 1. The third kappa shape index (κ3) is 2.39. The number of hydrogen-bond donors (Lipinski definition) is 1.